The van der Waals surface area contributed by atoms with Crippen LogP contribution < -0.4 is 0 Å². The number of carbonyl (C=O) groups is 1. The maximum atomic E-state index is 12.4. The summed E-state index contributed by atoms with van der Waals surface area (Å²) in [5, 5.41) is 0. The number of aldehydes is 1. The van der Waals surface area contributed by atoms with E-state index < -0.39 is 11.7 Å². The van der Waals surface area contributed by atoms with Crippen molar-refractivity contribution in [3.05, 3.63) is 53.7 Å². The third-order valence-corrected chi connectivity index (χ3v) is 2.40. The van der Waals surface area contributed by atoms with E-state index in [1.165, 1.54) is 18.2 Å². The molecule has 0 fully saturated rings. The van der Waals surface area contributed by atoms with Gasteiger partial charge >= 0.3 is 6.18 Å². The number of rotatable bonds is 2. The first-order chi connectivity index (χ1) is 8.50. The first-order valence-electron chi connectivity index (χ1n) is 5.10. The maximum Gasteiger partial charge on any atom is 0.416 e. The number of alkyl halides is 3. The Morgan fingerprint density at radius 1 is 1.00 bits per heavy atom. The van der Waals surface area contributed by atoms with Crippen LogP contribution in [0.5, 0.6) is 0 Å². The van der Waals surface area contributed by atoms with E-state index in [1.54, 1.807) is 12.1 Å². The summed E-state index contributed by atoms with van der Waals surface area (Å²) in [6, 6.07) is 9.44. The fourth-order valence-electron chi connectivity index (χ4n) is 1.51. The number of pyridine rings is 1. The number of hydrogen-bond donors (Lipinski definition) is 0. The van der Waals surface area contributed by atoms with E-state index >= 15 is 0 Å². The van der Waals surface area contributed by atoms with Gasteiger partial charge in [0.05, 0.1) is 11.3 Å². The van der Waals surface area contributed by atoms with Gasteiger partial charge < -0.3 is 0 Å². The van der Waals surface area contributed by atoms with E-state index in [0.717, 1.165) is 12.1 Å². The Balaban J connectivity index is 2.37. The molecule has 0 radical (unpaired) electrons. The highest BCUT2D eigenvalue weighted by molar-refractivity contribution is 5.73. The van der Waals surface area contributed by atoms with Crippen LogP contribution >= 0.6 is 0 Å². The Bertz CT molecular complexity index is 561. The van der Waals surface area contributed by atoms with Gasteiger partial charge in [-0.05, 0) is 24.3 Å². The van der Waals surface area contributed by atoms with Crippen LogP contribution in [0.4, 0.5) is 13.2 Å². The summed E-state index contributed by atoms with van der Waals surface area (Å²) < 4.78 is 37.1. The van der Waals surface area contributed by atoms with Crippen molar-refractivity contribution in [2.45, 2.75) is 6.18 Å². The molecular formula is C13H8F3NO. The minimum absolute atomic E-state index is 0.243. The van der Waals surface area contributed by atoms with Gasteiger partial charge in [0.15, 0.2) is 6.29 Å². The summed E-state index contributed by atoms with van der Waals surface area (Å²) in [4.78, 5) is 14.6. The van der Waals surface area contributed by atoms with Crippen LogP contribution in [-0.4, -0.2) is 11.3 Å². The number of hydrogen-bond acceptors (Lipinski definition) is 2. The van der Waals surface area contributed by atoms with Crippen molar-refractivity contribution in [3.8, 4) is 11.3 Å². The van der Waals surface area contributed by atoms with E-state index in [0.29, 0.717) is 17.5 Å². The molecule has 0 bridgehead atoms. The Morgan fingerprint density at radius 2 is 1.67 bits per heavy atom. The molecule has 0 amide bonds. The van der Waals surface area contributed by atoms with Crippen molar-refractivity contribution in [1.29, 1.82) is 0 Å². The fourth-order valence-corrected chi connectivity index (χ4v) is 1.51. The van der Waals surface area contributed by atoms with Crippen LogP contribution in [0.1, 0.15) is 16.1 Å². The molecule has 0 saturated carbocycles. The molecule has 1 aromatic heterocycles. The predicted octanol–water partition coefficient (Wildman–Crippen LogP) is 3.58. The zero-order chi connectivity index (χ0) is 13.2. The highest BCUT2D eigenvalue weighted by Crippen LogP contribution is 2.30. The van der Waals surface area contributed by atoms with Gasteiger partial charge in [0.25, 0.3) is 0 Å². The molecule has 0 saturated heterocycles. The number of carbonyl (C=O) groups excluding carboxylic acids is 1. The molecule has 0 spiro atoms. The Morgan fingerprint density at radius 3 is 2.22 bits per heavy atom. The van der Waals surface area contributed by atoms with Crippen LogP contribution in [-0.2, 0) is 6.18 Å². The molecular weight excluding hydrogens is 243 g/mol. The normalized spacial score (nSPS) is 11.3. The van der Waals surface area contributed by atoms with Gasteiger partial charge in [-0.1, -0.05) is 18.2 Å². The molecule has 0 N–H and O–H groups in total. The number of nitrogens with zero attached hydrogens (tertiary/aromatic N) is 1. The van der Waals surface area contributed by atoms with Crippen molar-refractivity contribution < 1.29 is 18.0 Å². The first kappa shape index (κ1) is 12.3. The lowest BCUT2D eigenvalue weighted by Crippen LogP contribution is -2.04. The minimum atomic E-state index is -4.35. The van der Waals surface area contributed by atoms with Crippen LogP contribution in [0.25, 0.3) is 11.3 Å². The molecule has 0 aliphatic carbocycles. The zero-order valence-corrected chi connectivity index (χ0v) is 9.11. The predicted molar refractivity (Wildman–Crippen MR) is 60.1 cm³/mol. The average molecular weight is 251 g/mol. The molecule has 92 valence electrons. The van der Waals surface area contributed by atoms with Crippen LogP contribution in [0.2, 0.25) is 0 Å². The molecule has 5 heteroatoms. The van der Waals surface area contributed by atoms with Crippen molar-refractivity contribution in [3.63, 3.8) is 0 Å². The second-order valence-electron chi connectivity index (χ2n) is 3.64. The maximum absolute atomic E-state index is 12.4. The second-order valence-corrected chi connectivity index (χ2v) is 3.64. The van der Waals surface area contributed by atoms with E-state index in [1.807, 2.05) is 0 Å². The lowest BCUT2D eigenvalue weighted by Gasteiger charge is -2.07. The van der Waals surface area contributed by atoms with Crippen molar-refractivity contribution in [2.75, 3.05) is 0 Å². The smallest absolute Gasteiger partial charge is 0.296 e. The SMILES string of the molecule is O=Cc1cccc(-c2ccc(C(F)(F)F)cc2)n1. The molecule has 2 aromatic rings. The summed E-state index contributed by atoms with van der Waals surface area (Å²) in [5.74, 6) is 0. The minimum Gasteiger partial charge on any atom is -0.296 e. The Hall–Kier alpha value is -2.17. The van der Waals surface area contributed by atoms with Gasteiger partial charge in [-0.25, -0.2) is 4.98 Å². The van der Waals surface area contributed by atoms with E-state index in [-0.39, 0.29) is 5.69 Å². The van der Waals surface area contributed by atoms with Gasteiger partial charge in [0.1, 0.15) is 5.69 Å². The summed E-state index contributed by atoms with van der Waals surface area (Å²) >= 11 is 0. The quantitative estimate of drug-likeness (QED) is 0.763. The fraction of sp³-hybridized carbons (Fsp3) is 0.0769. The van der Waals surface area contributed by atoms with Gasteiger partial charge in [-0.2, -0.15) is 13.2 Å². The first-order valence-corrected chi connectivity index (χ1v) is 5.10. The van der Waals surface area contributed by atoms with Gasteiger partial charge in [-0.15, -0.1) is 0 Å². The topological polar surface area (TPSA) is 30.0 Å². The third kappa shape index (κ3) is 2.56. The van der Waals surface area contributed by atoms with E-state index in [4.69, 9.17) is 0 Å². The van der Waals surface area contributed by atoms with Crippen LogP contribution in [0.15, 0.2) is 42.5 Å². The molecule has 0 atom stereocenters. The second kappa shape index (κ2) is 4.60. The van der Waals surface area contributed by atoms with Crippen molar-refractivity contribution in [1.82, 2.24) is 4.98 Å². The number of halogens is 3. The standard InChI is InChI=1S/C13H8F3NO/c14-13(15,16)10-6-4-9(5-7-10)12-3-1-2-11(8-18)17-12/h1-8H. The number of benzene rings is 1. The monoisotopic (exact) mass is 251 g/mol. The summed E-state index contributed by atoms with van der Waals surface area (Å²) in [6.45, 7) is 0. The lowest BCUT2D eigenvalue weighted by molar-refractivity contribution is -0.137. The Labute approximate surface area is 101 Å². The van der Waals surface area contributed by atoms with E-state index in [9.17, 15) is 18.0 Å². The Kier molecular flexibility index (Phi) is 3.14. The highest BCUT2D eigenvalue weighted by Gasteiger charge is 2.29. The van der Waals surface area contributed by atoms with Crippen LogP contribution in [0.3, 0.4) is 0 Å². The number of aromatic nitrogens is 1. The summed E-state index contributed by atoms with van der Waals surface area (Å²) in [5.41, 5.74) is 0.533. The molecule has 0 aliphatic heterocycles. The van der Waals surface area contributed by atoms with Gasteiger partial charge in [0.2, 0.25) is 0 Å². The van der Waals surface area contributed by atoms with Crippen LogP contribution in [0, 0.1) is 0 Å². The largest absolute Gasteiger partial charge is 0.416 e. The van der Waals surface area contributed by atoms with Crippen molar-refractivity contribution >= 4 is 6.29 Å². The molecule has 2 nitrogen and oxygen atoms in total. The average Bonchev–Trinajstić information content (AvgIpc) is 2.38. The summed E-state index contributed by atoms with van der Waals surface area (Å²) in [7, 11) is 0. The highest BCUT2D eigenvalue weighted by atomic mass is 19.4. The third-order valence-electron chi connectivity index (χ3n) is 2.40. The summed E-state index contributed by atoms with van der Waals surface area (Å²) in [6.07, 6.45) is -3.76. The molecule has 1 heterocycles. The lowest BCUT2D eigenvalue weighted by atomic mass is 10.1. The molecule has 1 aromatic carbocycles. The zero-order valence-electron chi connectivity index (χ0n) is 9.11. The molecule has 2 rings (SSSR count). The molecule has 0 aliphatic rings. The van der Waals surface area contributed by atoms with Crippen molar-refractivity contribution in [2.24, 2.45) is 0 Å². The van der Waals surface area contributed by atoms with Gasteiger partial charge in [-0.3, -0.25) is 4.79 Å². The van der Waals surface area contributed by atoms with E-state index in [2.05, 4.69) is 4.98 Å². The molecule has 18 heavy (non-hydrogen) atoms. The van der Waals surface area contributed by atoms with Gasteiger partial charge in [0, 0.05) is 5.56 Å². The molecule has 0 unspecified atom stereocenters.